The van der Waals surface area contributed by atoms with Crippen molar-refractivity contribution in [3.05, 3.63) is 36.0 Å². The Hall–Kier alpha value is -2.42. The summed E-state index contributed by atoms with van der Waals surface area (Å²) in [5.74, 6) is 1.28. The first-order valence-corrected chi connectivity index (χ1v) is 9.37. The van der Waals surface area contributed by atoms with Crippen molar-refractivity contribution >= 4 is 21.6 Å². The van der Waals surface area contributed by atoms with Crippen LogP contribution >= 0.6 is 0 Å². The Bertz CT molecular complexity index is 854. The summed E-state index contributed by atoms with van der Waals surface area (Å²) in [7, 11) is -3.45. The van der Waals surface area contributed by atoms with Gasteiger partial charge in [0, 0.05) is 38.6 Å². The van der Waals surface area contributed by atoms with Crippen LogP contribution in [-0.4, -0.2) is 61.6 Å². The minimum absolute atomic E-state index is 0.0433. The molecule has 1 fully saturated rings. The summed E-state index contributed by atoms with van der Waals surface area (Å²) < 4.78 is 28.0. The first-order chi connectivity index (χ1) is 11.3. The lowest BCUT2D eigenvalue weighted by atomic mass is 10.3. The van der Waals surface area contributed by atoms with Gasteiger partial charge in [0.15, 0.2) is 5.76 Å². The fourth-order valence-electron chi connectivity index (χ4n) is 2.55. The third kappa shape index (κ3) is 3.40. The summed E-state index contributed by atoms with van der Waals surface area (Å²) in [6.07, 6.45) is 2.76. The largest absolute Gasteiger partial charge is 0.440 e. The monoisotopic (exact) mass is 350 g/mol. The number of aromatic nitrogens is 2. The molecule has 3 heterocycles. The maximum absolute atomic E-state index is 12.4. The molecule has 0 bridgehead atoms. The van der Waals surface area contributed by atoms with E-state index in [9.17, 15) is 13.2 Å². The number of carbonyl (C=O) groups excluding carboxylic acids is 1. The van der Waals surface area contributed by atoms with Crippen LogP contribution in [0.25, 0.3) is 0 Å². The molecule has 1 saturated heterocycles. The molecule has 0 unspecified atom stereocenters. The van der Waals surface area contributed by atoms with Crippen LogP contribution in [0.3, 0.4) is 0 Å². The zero-order chi connectivity index (χ0) is 17.3. The van der Waals surface area contributed by atoms with E-state index in [4.69, 9.17) is 4.42 Å². The lowest BCUT2D eigenvalue weighted by molar-refractivity contribution is 0.0708. The van der Waals surface area contributed by atoms with Crippen LogP contribution in [0.4, 0.5) is 5.82 Å². The Morgan fingerprint density at radius 2 is 1.88 bits per heavy atom. The molecule has 0 radical (unpaired) electrons. The van der Waals surface area contributed by atoms with Crippen molar-refractivity contribution in [2.75, 3.05) is 37.3 Å². The molecule has 24 heavy (non-hydrogen) atoms. The molecule has 3 rings (SSSR count). The Labute approximate surface area is 140 Å². The van der Waals surface area contributed by atoms with Gasteiger partial charge in [0.2, 0.25) is 14.9 Å². The van der Waals surface area contributed by atoms with Crippen molar-refractivity contribution in [1.82, 2.24) is 14.9 Å². The Morgan fingerprint density at radius 1 is 1.17 bits per heavy atom. The molecule has 128 valence electrons. The smallest absolute Gasteiger partial charge is 0.289 e. The predicted octanol–water partition coefficient (Wildman–Crippen LogP) is 0.744. The van der Waals surface area contributed by atoms with Crippen molar-refractivity contribution in [2.24, 2.45) is 0 Å². The second-order valence-electron chi connectivity index (χ2n) is 5.63. The van der Waals surface area contributed by atoms with Crippen molar-refractivity contribution in [3.8, 4) is 0 Å². The molecule has 0 aliphatic carbocycles. The number of hydrogen-bond donors (Lipinski definition) is 0. The second-order valence-corrected chi connectivity index (χ2v) is 7.58. The van der Waals surface area contributed by atoms with Gasteiger partial charge in [0.1, 0.15) is 11.6 Å². The first kappa shape index (κ1) is 16.4. The van der Waals surface area contributed by atoms with Crippen molar-refractivity contribution in [3.63, 3.8) is 0 Å². The number of aryl methyl sites for hydroxylation is 1. The van der Waals surface area contributed by atoms with Gasteiger partial charge in [0.05, 0.1) is 0 Å². The van der Waals surface area contributed by atoms with Crippen LogP contribution in [0.15, 0.2) is 33.9 Å². The molecule has 1 amide bonds. The quantitative estimate of drug-likeness (QED) is 0.805. The number of hydrogen-bond acceptors (Lipinski definition) is 7. The number of furan rings is 1. The van der Waals surface area contributed by atoms with E-state index < -0.39 is 9.84 Å². The Morgan fingerprint density at radius 3 is 2.46 bits per heavy atom. The summed E-state index contributed by atoms with van der Waals surface area (Å²) in [4.78, 5) is 24.6. The molecule has 0 spiro atoms. The fourth-order valence-corrected chi connectivity index (χ4v) is 3.11. The van der Waals surface area contributed by atoms with Gasteiger partial charge in [-0.05, 0) is 25.1 Å². The van der Waals surface area contributed by atoms with Crippen molar-refractivity contribution in [1.29, 1.82) is 0 Å². The number of rotatable bonds is 3. The summed E-state index contributed by atoms with van der Waals surface area (Å²) >= 11 is 0. The average molecular weight is 350 g/mol. The molecule has 0 saturated carbocycles. The SMILES string of the molecule is Cc1nccc(N2CCN(C(=O)c3ccc(S(C)(=O)=O)o3)CC2)n1. The molecule has 2 aromatic heterocycles. The van der Waals surface area contributed by atoms with Crippen LogP contribution < -0.4 is 4.90 Å². The van der Waals surface area contributed by atoms with Gasteiger partial charge < -0.3 is 14.2 Å². The predicted molar refractivity (Wildman–Crippen MR) is 86.7 cm³/mol. The second kappa shape index (κ2) is 6.23. The van der Waals surface area contributed by atoms with Gasteiger partial charge in [-0.15, -0.1) is 0 Å². The molecule has 9 heteroatoms. The van der Waals surface area contributed by atoms with E-state index in [-0.39, 0.29) is 16.8 Å². The topological polar surface area (TPSA) is 96.6 Å². The van der Waals surface area contributed by atoms with E-state index in [0.717, 1.165) is 12.1 Å². The van der Waals surface area contributed by atoms with Gasteiger partial charge in [-0.25, -0.2) is 18.4 Å². The maximum Gasteiger partial charge on any atom is 0.289 e. The molecule has 0 atom stereocenters. The Balaban J connectivity index is 1.66. The minimum Gasteiger partial charge on any atom is -0.440 e. The number of amides is 1. The van der Waals surface area contributed by atoms with E-state index in [0.29, 0.717) is 32.0 Å². The number of piperazine rings is 1. The van der Waals surface area contributed by atoms with Gasteiger partial charge in [-0.2, -0.15) is 0 Å². The van der Waals surface area contributed by atoms with E-state index in [2.05, 4.69) is 14.9 Å². The van der Waals surface area contributed by atoms with E-state index in [1.54, 1.807) is 11.1 Å². The standard InChI is InChI=1S/C15H18N4O4S/c1-11-16-6-5-13(17-11)18-7-9-19(10-8-18)15(20)12-3-4-14(23-12)24(2,21)22/h3-6H,7-10H2,1-2H3. The minimum atomic E-state index is -3.45. The zero-order valence-corrected chi connectivity index (χ0v) is 14.3. The highest BCUT2D eigenvalue weighted by Crippen LogP contribution is 2.18. The van der Waals surface area contributed by atoms with Crippen LogP contribution in [0.5, 0.6) is 0 Å². The summed E-state index contributed by atoms with van der Waals surface area (Å²) in [6, 6.07) is 4.55. The zero-order valence-electron chi connectivity index (χ0n) is 13.5. The van der Waals surface area contributed by atoms with E-state index >= 15 is 0 Å². The highest BCUT2D eigenvalue weighted by Gasteiger charge is 2.26. The summed E-state index contributed by atoms with van der Waals surface area (Å²) in [5.41, 5.74) is 0. The summed E-state index contributed by atoms with van der Waals surface area (Å²) in [6.45, 7) is 4.14. The van der Waals surface area contributed by atoms with Crippen LogP contribution in [0.1, 0.15) is 16.4 Å². The highest BCUT2D eigenvalue weighted by molar-refractivity contribution is 7.90. The molecule has 0 aromatic carbocycles. The van der Waals surface area contributed by atoms with Gasteiger partial charge >= 0.3 is 0 Å². The van der Waals surface area contributed by atoms with Gasteiger partial charge in [-0.3, -0.25) is 4.79 Å². The normalized spacial score (nSPS) is 15.6. The third-order valence-corrected chi connectivity index (χ3v) is 4.76. The number of anilines is 1. The molecule has 1 aliphatic heterocycles. The van der Waals surface area contributed by atoms with E-state index in [1.165, 1.54) is 12.1 Å². The molecular weight excluding hydrogens is 332 g/mol. The maximum atomic E-state index is 12.4. The van der Waals surface area contributed by atoms with Gasteiger partial charge in [0.25, 0.3) is 5.91 Å². The Kier molecular flexibility index (Phi) is 4.27. The number of nitrogens with zero attached hydrogens (tertiary/aromatic N) is 4. The average Bonchev–Trinajstić information content (AvgIpc) is 3.04. The van der Waals surface area contributed by atoms with Crippen molar-refractivity contribution < 1.29 is 17.6 Å². The fraction of sp³-hybridized carbons (Fsp3) is 0.400. The lowest BCUT2D eigenvalue weighted by Gasteiger charge is -2.35. The molecular formula is C15H18N4O4S. The first-order valence-electron chi connectivity index (χ1n) is 7.48. The molecule has 1 aliphatic rings. The molecule has 2 aromatic rings. The molecule has 0 N–H and O–H groups in total. The van der Waals surface area contributed by atoms with E-state index in [1.807, 2.05) is 13.0 Å². The van der Waals surface area contributed by atoms with Crippen LogP contribution in [0, 0.1) is 6.92 Å². The van der Waals surface area contributed by atoms with Gasteiger partial charge in [-0.1, -0.05) is 0 Å². The van der Waals surface area contributed by atoms with Crippen LogP contribution in [0.2, 0.25) is 0 Å². The summed E-state index contributed by atoms with van der Waals surface area (Å²) in [5, 5.41) is -0.194. The highest BCUT2D eigenvalue weighted by atomic mass is 32.2. The lowest BCUT2D eigenvalue weighted by Crippen LogP contribution is -2.49. The third-order valence-electron chi connectivity index (χ3n) is 3.81. The van der Waals surface area contributed by atoms with Crippen LogP contribution in [-0.2, 0) is 9.84 Å². The van der Waals surface area contributed by atoms with Crippen molar-refractivity contribution in [2.45, 2.75) is 12.0 Å². The number of carbonyl (C=O) groups is 1. The number of sulfone groups is 1. The molecule has 8 nitrogen and oxygen atoms in total.